The standard InChI is InChI=1S/C12H15FN2O2/c13-10-5-9(6-11(7-10)15(16)17)8-12(14)3-1-2-4-12/h5-7H,1-4,8,14H2. The number of halogens is 1. The Labute approximate surface area is 98.8 Å². The molecule has 0 bridgehead atoms. The van der Waals surface area contributed by atoms with E-state index in [0.717, 1.165) is 31.7 Å². The normalized spacial score (nSPS) is 18.2. The minimum atomic E-state index is -0.579. The summed E-state index contributed by atoms with van der Waals surface area (Å²) in [5, 5.41) is 10.6. The van der Waals surface area contributed by atoms with Crippen LogP contribution in [0.4, 0.5) is 10.1 Å². The van der Waals surface area contributed by atoms with Crippen molar-refractivity contribution >= 4 is 5.69 Å². The second-order valence-electron chi connectivity index (χ2n) is 4.82. The Morgan fingerprint density at radius 2 is 2.00 bits per heavy atom. The molecule has 1 fully saturated rings. The zero-order valence-electron chi connectivity index (χ0n) is 9.49. The van der Waals surface area contributed by atoms with Crippen molar-refractivity contribution < 1.29 is 9.31 Å². The van der Waals surface area contributed by atoms with E-state index in [4.69, 9.17) is 5.73 Å². The van der Waals surface area contributed by atoms with Gasteiger partial charge < -0.3 is 5.73 Å². The Hall–Kier alpha value is -1.49. The molecule has 5 heteroatoms. The Morgan fingerprint density at radius 3 is 2.59 bits per heavy atom. The van der Waals surface area contributed by atoms with Gasteiger partial charge in [-0.1, -0.05) is 12.8 Å². The molecule has 0 unspecified atom stereocenters. The summed E-state index contributed by atoms with van der Waals surface area (Å²) in [6.07, 6.45) is 4.46. The van der Waals surface area contributed by atoms with Crippen molar-refractivity contribution in [3.8, 4) is 0 Å². The van der Waals surface area contributed by atoms with Gasteiger partial charge in [0.1, 0.15) is 5.82 Å². The molecule has 2 N–H and O–H groups in total. The first-order valence-electron chi connectivity index (χ1n) is 5.71. The predicted molar refractivity (Wildman–Crippen MR) is 62.1 cm³/mol. The van der Waals surface area contributed by atoms with Gasteiger partial charge in [0.2, 0.25) is 0 Å². The average molecular weight is 238 g/mol. The Bertz CT molecular complexity index is 442. The third-order valence-electron chi connectivity index (χ3n) is 3.31. The fraction of sp³-hybridized carbons (Fsp3) is 0.500. The lowest BCUT2D eigenvalue weighted by Crippen LogP contribution is -2.38. The summed E-state index contributed by atoms with van der Waals surface area (Å²) < 4.78 is 13.2. The van der Waals surface area contributed by atoms with Gasteiger partial charge in [-0.15, -0.1) is 0 Å². The molecule has 2 rings (SSSR count). The van der Waals surface area contributed by atoms with E-state index in [0.29, 0.717) is 12.0 Å². The molecule has 0 atom stereocenters. The Morgan fingerprint density at radius 1 is 1.35 bits per heavy atom. The van der Waals surface area contributed by atoms with E-state index in [1.807, 2.05) is 0 Å². The van der Waals surface area contributed by atoms with E-state index < -0.39 is 10.7 Å². The van der Waals surface area contributed by atoms with Gasteiger partial charge in [0.15, 0.2) is 0 Å². The zero-order chi connectivity index (χ0) is 12.5. The van der Waals surface area contributed by atoms with Gasteiger partial charge in [0, 0.05) is 11.6 Å². The van der Waals surface area contributed by atoms with Crippen molar-refractivity contribution in [1.82, 2.24) is 0 Å². The summed E-state index contributed by atoms with van der Waals surface area (Å²) in [7, 11) is 0. The lowest BCUT2D eigenvalue weighted by atomic mass is 9.90. The highest BCUT2D eigenvalue weighted by molar-refractivity contribution is 5.36. The molecule has 0 amide bonds. The number of benzene rings is 1. The van der Waals surface area contributed by atoms with Crippen LogP contribution in [0.15, 0.2) is 18.2 Å². The molecule has 0 aliphatic heterocycles. The highest BCUT2D eigenvalue weighted by Crippen LogP contribution is 2.31. The largest absolute Gasteiger partial charge is 0.325 e. The van der Waals surface area contributed by atoms with Crippen LogP contribution in [0, 0.1) is 15.9 Å². The smallest absolute Gasteiger partial charge is 0.272 e. The van der Waals surface area contributed by atoms with Crippen molar-refractivity contribution in [2.45, 2.75) is 37.6 Å². The van der Waals surface area contributed by atoms with Gasteiger partial charge in [-0.25, -0.2) is 4.39 Å². The molecule has 1 aromatic carbocycles. The molecule has 0 radical (unpaired) electrons. The lowest BCUT2D eigenvalue weighted by Gasteiger charge is -2.23. The summed E-state index contributed by atoms with van der Waals surface area (Å²) in [6.45, 7) is 0. The first-order chi connectivity index (χ1) is 7.98. The number of hydrogen-bond donors (Lipinski definition) is 1. The molecule has 0 aromatic heterocycles. The molecular weight excluding hydrogens is 223 g/mol. The van der Waals surface area contributed by atoms with E-state index in [9.17, 15) is 14.5 Å². The van der Waals surface area contributed by atoms with Crippen LogP contribution in [0.3, 0.4) is 0 Å². The molecule has 1 aliphatic rings. The lowest BCUT2D eigenvalue weighted by molar-refractivity contribution is -0.385. The predicted octanol–water partition coefficient (Wildman–Crippen LogP) is 2.55. The minimum absolute atomic E-state index is 0.207. The van der Waals surface area contributed by atoms with Crippen LogP contribution in [0.5, 0.6) is 0 Å². The summed E-state index contributed by atoms with van der Waals surface area (Å²) >= 11 is 0. The van der Waals surface area contributed by atoms with Gasteiger partial charge in [-0.3, -0.25) is 10.1 Å². The molecule has 0 heterocycles. The van der Waals surface area contributed by atoms with Crippen LogP contribution in [0.1, 0.15) is 31.2 Å². The second-order valence-corrected chi connectivity index (χ2v) is 4.82. The van der Waals surface area contributed by atoms with Crippen molar-refractivity contribution in [3.05, 3.63) is 39.7 Å². The Kier molecular flexibility index (Phi) is 3.11. The fourth-order valence-corrected chi connectivity index (χ4v) is 2.50. The molecule has 0 spiro atoms. The summed E-state index contributed by atoms with van der Waals surface area (Å²) in [5.74, 6) is -0.573. The summed E-state index contributed by atoms with van der Waals surface area (Å²) in [6, 6.07) is 3.68. The van der Waals surface area contributed by atoms with E-state index in [1.165, 1.54) is 12.1 Å². The highest BCUT2D eigenvalue weighted by Gasteiger charge is 2.30. The number of hydrogen-bond acceptors (Lipinski definition) is 3. The molecule has 92 valence electrons. The third-order valence-corrected chi connectivity index (χ3v) is 3.31. The van der Waals surface area contributed by atoms with E-state index >= 15 is 0 Å². The molecule has 1 aliphatic carbocycles. The van der Waals surface area contributed by atoms with Crippen molar-refractivity contribution in [1.29, 1.82) is 0 Å². The zero-order valence-corrected chi connectivity index (χ0v) is 9.49. The third kappa shape index (κ3) is 2.79. The van der Waals surface area contributed by atoms with Crippen molar-refractivity contribution in [3.63, 3.8) is 0 Å². The molecule has 17 heavy (non-hydrogen) atoms. The van der Waals surface area contributed by atoms with Crippen LogP contribution in [0.2, 0.25) is 0 Å². The van der Waals surface area contributed by atoms with E-state index in [2.05, 4.69) is 0 Å². The van der Waals surface area contributed by atoms with Crippen molar-refractivity contribution in [2.75, 3.05) is 0 Å². The topological polar surface area (TPSA) is 69.2 Å². The minimum Gasteiger partial charge on any atom is -0.325 e. The quantitative estimate of drug-likeness (QED) is 0.649. The van der Waals surface area contributed by atoms with Crippen LogP contribution >= 0.6 is 0 Å². The number of nitro benzene ring substituents is 1. The molecule has 1 aromatic rings. The Balaban J connectivity index is 2.23. The number of nitro groups is 1. The SMILES string of the molecule is NC1(Cc2cc(F)cc([N+](=O)[O-])c2)CCCC1. The van der Waals surface area contributed by atoms with Crippen LogP contribution < -0.4 is 5.73 Å². The summed E-state index contributed by atoms with van der Waals surface area (Å²) in [4.78, 5) is 10.1. The number of rotatable bonds is 3. The van der Waals surface area contributed by atoms with E-state index in [-0.39, 0.29) is 11.2 Å². The van der Waals surface area contributed by atoms with Crippen LogP contribution in [-0.4, -0.2) is 10.5 Å². The first-order valence-corrected chi connectivity index (χ1v) is 5.71. The van der Waals surface area contributed by atoms with Crippen molar-refractivity contribution in [2.24, 2.45) is 5.73 Å². The number of non-ortho nitro benzene ring substituents is 1. The maximum atomic E-state index is 13.2. The van der Waals surface area contributed by atoms with Gasteiger partial charge >= 0.3 is 0 Å². The molecule has 4 nitrogen and oxygen atoms in total. The van der Waals surface area contributed by atoms with Gasteiger partial charge in [-0.2, -0.15) is 0 Å². The van der Waals surface area contributed by atoms with Gasteiger partial charge in [0.25, 0.3) is 5.69 Å². The highest BCUT2D eigenvalue weighted by atomic mass is 19.1. The van der Waals surface area contributed by atoms with Crippen LogP contribution in [0.25, 0.3) is 0 Å². The fourth-order valence-electron chi connectivity index (χ4n) is 2.50. The van der Waals surface area contributed by atoms with Crippen LogP contribution in [-0.2, 0) is 6.42 Å². The molecular formula is C12H15FN2O2. The number of nitrogens with zero attached hydrogens (tertiary/aromatic N) is 1. The average Bonchev–Trinajstić information content (AvgIpc) is 2.63. The summed E-state index contributed by atoms with van der Waals surface area (Å²) in [5.41, 5.74) is 6.26. The first kappa shape index (κ1) is 12.0. The van der Waals surface area contributed by atoms with Gasteiger partial charge in [-0.05, 0) is 30.9 Å². The molecule has 1 saturated carbocycles. The van der Waals surface area contributed by atoms with Gasteiger partial charge in [0.05, 0.1) is 11.0 Å². The molecule has 0 saturated heterocycles. The maximum Gasteiger partial charge on any atom is 0.272 e. The van der Waals surface area contributed by atoms with E-state index in [1.54, 1.807) is 0 Å². The number of nitrogens with two attached hydrogens (primary N) is 1. The maximum absolute atomic E-state index is 13.2. The monoisotopic (exact) mass is 238 g/mol. The second kappa shape index (κ2) is 4.41.